The van der Waals surface area contributed by atoms with E-state index in [-0.39, 0.29) is 17.9 Å². The highest BCUT2D eigenvalue weighted by atomic mass is 19.4. The minimum atomic E-state index is -4.51. The standard InChI is InChI=1S/C15H13F3N2O2/c16-15(17,18)12-6-1-2-7-13(12)19-20-14(22)9-10-4-3-5-11(21)8-10/h1-8,19,21H,9H2,(H,20,22). The van der Waals surface area contributed by atoms with Gasteiger partial charge in [-0.1, -0.05) is 24.3 Å². The van der Waals surface area contributed by atoms with E-state index in [9.17, 15) is 23.1 Å². The van der Waals surface area contributed by atoms with Crippen molar-refractivity contribution in [2.45, 2.75) is 12.6 Å². The largest absolute Gasteiger partial charge is 0.508 e. The fourth-order valence-corrected chi connectivity index (χ4v) is 1.87. The molecule has 2 rings (SSSR count). The Hall–Kier alpha value is -2.70. The average Bonchev–Trinajstić information content (AvgIpc) is 2.44. The number of phenols is 1. The van der Waals surface area contributed by atoms with Crippen LogP contribution in [0, 0.1) is 0 Å². The molecule has 0 radical (unpaired) electrons. The summed E-state index contributed by atoms with van der Waals surface area (Å²) in [5.41, 5.74) is 3.92. The number of amides is 1. The zero-order valence-electron chi connectivity index (χ0n) is 11.3. The number of anilines is 1. The molecule has 0 heterocycles. The molecule has 0 saturated heterocycles. The molecular weight excluding hydrogens is 297 g/mol. The number of hydrazine groups is 1. The van der Waals surface area contributed by atoms with Gasteiger partial charge in [-0.3, -0.25) is 15.6 Å². The summed E-state index contributed by atoms with van der Waals surface area (Å²) in [6.07, 6.45) is -4.59. The lowest BCUT2D eigenvalue weighted by atomic mass is 10.1. The molecule has 4 nitrogen and oxygen atoms in total. The number of benzene rings is 2. The van der Waals surface area contributed by atoms with Crippen LogP contribution in [0.1, 0.15) is 11.1 Å². The van der Waals surface area contributed by atoms with Crippen molar-refractivity contribution in [3.05, 3.63) is 59.7 Å². The van der Waals surface area contributed by atoms with Gasteiger partial charge in [0.1, 0.15) is 5.75 Å². The third-order valence-corrected chi connectivity index (χ3v) is 2.84. The van der Waals surface area contributed by atoms with Crippen LogP contribution in [0.25, 0.3) is 0 Å². The Morgan fingerprint density at radius 3 is 2.50 bits per heavy atom. The summed E-state index contributed by atoms with van der Waals surface area (Å²) in [5.74, 6) is -0.511. The molecule has 0 aliphatic heterocycles. The highest BCUT2D eigenvalue weighted by molar-refractivity contribution is 5.80. The van der Waals surface area contributed by atoms with Crippen molar-refractivity contribution < 1.29 is 23.1 Å². The van der Waals surface area contributed by atoms with Crippen molar-refractivity contribution >= 4 is 11.6 Å². The van der Waals surface area contributed by atoms with Crippen molar-refractivity contribution in [1.29, 1.82) is 0 Å². The Morgan fingerprint density at radius 1 is 1.09 bits per heavy atom. The second-order valence-corrected chi connectivity index (χ2v) is 4.56. The van der Waals surface area contributed by atoms with Crippen LogP contribution in [0.3, 0.4) is 0 Å². The molecule has 0 spiro atoms. The summed E-state index contributed by atoms with van der Waals surface area (Å²) in [6.45, 7) is 0. The van der Waals surface area contributed by atoms with Crippen LogP contribution in [0.4, 0.5) is 18.9 Å². The summed E-state index contributed by atoms with van der Waals surface area (Å²) in [5, 5.41) is 9.29. The molecule has 0 saturated carbocycles. The molecule has 0 atom stereocenters. The van der Waals surface area contributed by atoms with Crippen LogP contribution in [0.5, 0.6) is 5.75 Å². The maximum Gasteiger partial charge on any atom is 0.418 e. The fraction of sp³-hybridized carbons (Fsp3) is 0.133. The Morgan fingerprint density at radius 2 is 1.82 bits per heavy atom. The number of phenolic OH excluding ortho intramolecular Hbond substituents is 1. The first kappa shape index (κ1) is 15.7. The summed E-state index contributed by atoms with van der Waals surface area (Å²) in [4.78, 5) is 11.7. The van der Waals surface area contributed by atoms with Crippen LogP contribution >= 0.6 is 0 Å². The Labute approximate surface area is 124 Å². The summed E-state index contributed by atoms with van der Waals surface area (Å²) in [6, 6.07) is 10.9. The Bertz CT molecular complexity index is 672. The smallest absolute Gasteiger partial charge is 0.418 e. The predicted molar refractivity (Wildman–Crippen MR) is 75.0 cm³/mol. The maximum absolute atomic E-state index is 12.8. The van der Waals surface area contributed by atoms with Gasteiger partial charge in [0, 0.05) is 0 Å². The summed E-state index contributed by atoms with van der Waals surface area (Å²) in [7, 11) is 0. The van der Waals surface area contributed by atoms with Gasteiger partial charge in [-0.15, -0.1) is 0 Å². The lowest BCUT2D eigenvalue weighted by molar-refractivity contribution is -0.137. The highest BCUT2D eigenvalue weighted by Crippen LogP contribution is 2.34. The monoisotopic (exact) mass is 310 g/mol. The van der Waals surface area contributed by atoms with Crippen LogP contribution in [-0.4, -0.2) is 11.0 Å². The Balaban J connectivity index is 2.00. The van der Waals surface area contributed by atoms with Crippen molar-refractivity contribution in [2.24, 2.45) is 0 Å². The molecule has 0 unspecified atom stereocenters. The number of carbonyl (C=O) groups is 1. The molecule has 0 fully saturated rings. The predicted octanol–water partition coefficient (Wildman–Crippen LogP) is 3.10. The van der Waals surface area contributed by atoms with Crippen LogP contribution in [-0.2, 0) is 17.4 Å². The average molecular weight is 310 g/mol. The first-order valence-corrected chi connectivity index (χ1v) is 6.35. The first-order chi connectivity index (χ1) is 10.4. The van der Waals surface area contributed by atoms with Gasteiger partial charge in [0.15, 0.2) is 0 Å². The molecule has 3 N–H and O–H groups in total. The fourth-order valence-electron chi connectivity index (χ4n) is 1.87. The number of nitrogens with one attached hydrogen (secondary N) is 2. The summed E-state index contributed by atoms with van der Waals surface area (Å²) < 4.78 is 38.4. The molecule has 0 aromatic heterocycles. The minimum absolute atomic E-state index is 0.0145. The van der Waals surface area contributed by atoms with Crippen LogP contribution in [0.2, 0.25) is 0 Å². The molecule has 1 amide bonds. The van der Waals surface area contributed by atoms with Gasteiger partial charge in [-0.25, -0.2) is 0 Å². The molecule has 0 aliphatic carbocycles. The number of alkyl halides is 3. The van der Waals surface area contributed by atoms with E-state index >= 15 is 0 Å². The number of halogens is 3. The number of rotatable bonds is 4. The van der Waals surface area contributed by atoms with Crippen molar-refractivity contribution in [2.75, 3.05) is 5.43 Å². The molecule has 116 valence electrons. The molecule has 2 aromatic rings. The zero-order chi connectivity index (χ0) is 16.2. The van der Waals surface area contributed by atoms with Gasteiger partial charge in [-0.05, 0) is 29.8 Å². The van der Waals surface area contributed by atoms with Crippen LogP contribution < -0.4 is 10.9 Å². The normalized spacial score (nSPS) is 11.0. The zero-order valence-corrected chi connectivity index (χ0v) is 11.3. The van der Waals surface area contributed by atoms with Gasteiger partial charge in [0.2, 0.25) is 5.91 Å². The molecule has 0 bridgehead atoms. The quantitative estimate of drug-likeness (QED) is 0.761. The molecule has 0 aliphatic rings. The number of hydrogen-bond donors (Lipinski definition) is 3. The van der Waals surface area contributed by atoms with Gasteiger partial charge in [-0.2, -0.15) is 13.2 Å². The molecule has 2 aromatic carbocycles. The van der Waals surface area contributed by atoms with E-state index in [4.69, 9.17) is 0 Å². The number of para-hydroxylation sites is 1. The van der Waals surface area contributed by atoms with Gasteiger partial charge >= 0.3 is 6.18 Å². The minimum Gasteiger partial charge on any atom is -0.508 e. The van der Waals surface area contributed by atoms with Crippen molar-refractivity contribution in [1.82, 2.24) is 5.43 Å². The van der Waals surface area contributed by atoms with E-state index < -0.39 is 17.6 Å². The van der Waals surface area contributed by atoms with Crippen molar-refractivity contribution in [3.8, 4) is 5.75 Å². The lowest BCUT2D eigenvalue weighted by Crippen LogP contribution is -2.31. The third kappa shape index (κ3) is 4.15. The van der Waals surface area contributed by atoms with E-state index in [1.165, 1.54) is 30.3 Å². The molecular formula is C15H13F3N2O2. The van der Waals surface area contributed by atoms with E-state index in [1.807, 2.05) is 0 Å². The summed E-state index contributed by atoms with van der Waals surface area (Å²) >= 11 is 0. The first-order valence-electron chi connectivity index (χ1n) is 6.35. The Kier molecular flexibility index (Phi) is 4.55. The van der Waals surface area contributed by atoms with E-state index in [0.717, 1.165) is 6.07 Å². The SMILES string of the molecule is O=C(Cc1cccc(O)c1)NNc1ccccc1C(F)(F)F. The van der Waals surface area contributed by atoms with Gasteiger partial charge < -0.3 is 5.11 Å². The van der Waals surface area contributed by atoms with E-state index in [0.29, 0.717) is 5.56 Å². The van der Waals surface area contributed by atoms with Crippen molar-refractivity contribution in [3.63, 3.8) is 0 Å². The second kappa shape index (κ2) is 6.38. The van der Waals surface area contributed by atoms with E-state index in [2.05, 4.69) is 10.9 Å². The molecule has 7 heteroatoms. The van der Waals surface area contributed by atoms with E-state index in [1.54, 1.807) is 12.1 Å². The number of carbonyl (C=O) groups excluding carboxylic acids is 1. The maximum atomic E-state index is 12.8. The second-order valence-electron chi connectivity index (χ2n) is 4.56. The lowest BCUT2D eigenvalue weighted by Gasteiger charge is -2.15. The topological polar surface area (TPSA) is 61.4 Å². The van der Waals surface area contributed by atoms with Crippen LogP contribution in [0.15, 0.2) is 48.5 Å². The third-order valence-electron chi connectivity index (χ3n) is 2.84. The van der Waals surface area contributed by atoms with Gasteiger partial charge in [0.25, 0.3) is 0 Å². The van der Waals surface area contributed by atoms with Gasteiger partial charge in [0.05, 0.1) is 17.7 Å². The highest BCUT2D eigenvalue weighted by Gasteiger charge is 2.33. The molecule has 22 heavy (non-hydrogen) atoms. The number of aromatic hydroxyl groups is 1. The number of hydrogen-bond acceptors (Lipinski definition) is 3.